The Balaban J connectivity index is 2.07. The number of benzene rings is 2. The molecule has 0 aliphatic heterocycles. The second kappa shape index (κ2) is 5.64. The van der Waals surface area contributed by atoms with Gasteiger partial charge in [-0.2, -0.15) is 0 Å². The fourth-order valence-electron chi connectivity index (χ4n) is 1.97. The Labute approximate surface area is 128 Å². The monoisotopic (exact) mass is 312 g/mol. The molecule has 23 heavy (non-hydrogen) atoms. The lowest BCUT2D eigenvalue weighted by Crippen LogP contribution is -1.94. The predicted octanol–water partition coefficient (Wildman–Crippen LogP) is 3.22. The molecule has 9 nitrogen and oxygen atoms in total. The number of nitrogens with zero attached hydrogens (tertiary/aromatic N) is 4. The molecule has 0 N–H and O–H groups in total. The molecule has 9 heteroatoms. The number of non-ortho nitro benzene ring substituents is 2. The number of nitro benzene ring substituents is 2. The molecule has 0 fully saturated rings. The van der Waals surface area contributed by atoms with Crippen molar-refractivity contribution in [3.8, 4) is 22.9 Å². The maximum absolute atomic E-state index is 10.9. The van der Waals surface area contributed by atoms with Crippen LogP contribution in [0, 0.1) is 20.2 Å². The van der Waals surface area contributed by atoms with Gasteiger partial charge in [0.05, 0.1) is 21.5 Å². The first-order chi connectivity index (χ1) is 11.0. The van der Waals surface area contributed by atoms with E-state index in [1.165, 1.54) is 0 Å². The summed E-state index contributed by atoms with van der Waals surface area (Å²) in [5.41, 5.74) is -0.0610. The van der Waals surface area contributed by atoms with E-state index in [4.69, 9.17) is 4.42 Å². The van der Waals surface area contributed by atoms with Crippen LogP contribution in [0.1, 0.15) is 0 Å². The highest BCUT2D eigenvalue weighted by molar-refractivity contribution is 5.64. The lowest BCUT2D eigenvalue weighted by atomic mass is 10.1. The van der Waals surface area contributed by atoms with Crippen molar-refractivity contribution < 1.29 is 14.3 Å². The third kappa shape index (κ3) is 2.88. The molecular weight excluding hydrogens is 304 g/mol. The van der Waals surface area contributed by atoms with E-state index < -0.39 is 21.2 Å². The zero-order valence-corrected chi connectivity index (χ0v) is 11.4. The number of aromatic nitrogens is 2. The summed E-state index contributed by atoms with van der Waals surface area (Å²) in [4.78, 5) is 20.4. The van der Waals surface area contributed by atoms with Crippen LogP contribution >= 0.6 is 0 Å². The molecule has 3 rings (SSSR count). The molecule has 0 saturated heterocycles. The Kier molecular flexibility index (Phi) is 3.51. The molecule has 0 unspecified atom stereocenters. The molecule has 2 aromatic carbocycles. The van der Waals surface area contributed by atoms with Gasteiger partial charge in [-0.25, -0.2) is 0 Å². The molecule has 1 aromatic heterocycles. The van der Waals surface area contributed by atoms with E-state index in [-0.39, 0.29) is 17.3 Å². The summed E-state index contributed by atoms with van der Waals surface area (Å²) < 4.78 is 5.46. The summed E-state index contributed by atoms with van der Waals surface area (Å²) >= 11 is 0. The van der Waals surface area contributed by atoms with Crippen molar-refractivity contribution in [3.05, 3.63) is 68.8 Å². The molecule has 0 aliphatic rings. The summed E-state index contributed by atoms with van der Waals surface area (Å²) in [7, 11) is 0. The third-order valence-electron chi connectivity index (χ3n) is 3.02. The van der Waals surface area contributed by atoms with Crippen LogP contribution in [0.25, 0.3) is 22.9 Å². The average Bonchev–Trinajstić information content (AvgIpc) is 3.05. The summed E-state index contributed by atoms with van der Waals surface area (Å²) in [6.07, 6.45) is 0. The van der Waals surface area contributed by atoms with Crippen molar-refractivity contribution in [1.82, 2.24) is 10.2 Å². The van der Waals surface area contributed by atoms with Crippen LogP contribution < -0.4 is 0 Å². The van der Waals surface area contributed by atoms with E-state index >= 15 is 0 Å². The second-order valence-corrected chi connectivity index (χ2v) is 4.53. The van der Waals surface area contributed by atoms with E-state index in [1.807, 2.05) is 6.07 Å². The van der Waals surface area contributed by atoms with Crippen LogP contribution in [0.2, 0.25) is 0 Å². The Bertz CT molecular complexity index is 859. The van der Waals surface area contributed by atoms with Gasteiger partial charge in [0.1, 0.15) is 0 Å². The van der Waals surface area contributed by atoms with Gasteiger partial charge in [0.25, 0.3) is 11.4 Å². The Hall–Kier alpha value is -3.62. The number of hydrogen-bond acceptors (Lipinski definition) is 7. The number of rotatable bonds is 4. The van der Waals surface area contributed by atoms with E-state index in [9.17, 15) is 20.2 Å². The SMILES string of the molecule is O=[N+]([O-])c1cc(-c2nnc(-c3ccccc3)o2)cc([N+](=O)[O-])c1. The fraction of sp³-hybridized carbons (Fsp3) is 0. The summed E-state index contributed by atoms with van der Waals surface area (Å²) in [6.45, 7) is 0. The van der Waals surface area contributed by atoms with Crippen LogP contribution in [-0.4, -0.2) is 20.0 Å². The zero-order chi connectivity index (χ0) is 16.4. The molecule has 0 atom stereocenters. The van der Waals surface area contributed by atoms with Crippen molar-refractivity contribution in [1.29, 1.82) is 0 Å². The van der Waals surface area contributed by atoms with Crippen LogP contribution in [0.3, 0.4) is 0 Å². The largest absolute Gasteiger partial charge is 0.416 e. The minimum Gasteiger partial charge on any atom is -0.416 e. The highest BCUT2D eigenvalue weighted by Gasteiger charge is 2.20. The molecular formula is C14H8N4O5. The number of hydrogen-bond donors (Lipinski definition) is 0. The average molecular weight is 312 g/mol. The maximum Gasteiger partial charge on any atom is 0.277 e. The molecule has 0 aliphatic carbocycles. The Morgan fingerprint density at radius 3 is 1.83 bits per heavy atom. The fourth-order valence-corrected chi connectivity index (χ4v) is 1.97. The topological polar surface area (TPSA) is 125 Å². The normalized spacial score (nSPS) is 10.4. The van der Waals surface area contributed by atoms with Gasteiger partial charge in [-0.05, 0) is 12.1 Å². The van der Waals surface area contributed by atoms with Gasteiger partial charge in [-0.1, -0.05) is 18.2 Å². The van der Waals surface area contributed by atoms with E-state index in [0.717, 1.165) is 18.2 Å². The molecule has 0 spiro atoms. The lowest BCUT2D eigenvalue weighted by molar-refractivity contribution is -0.394. The predicted molar refractivity (Wildman–Crippen MR) is 78.5 cm³/mol. The Morgan fingerprint density at radius 2 is 1.30 bits per heavy atom. The summed E-state index contributed by atoms with van der Waals surface area (Å²) in [6, 6.07) is 12.1. The van der Waals surface area contributed by atoms with Crippen molar-refractivity contribution in [2.75, 3.05) is 0 Å². The van der Waals surface area contributed by atoms with Crippen LogP contribution in [0.5, 0.6) is 0 Å². The molecule has 1 heterocycles. The smallest absolute Gasteiger partial charge is 0.277 e. The lowest BCUT2D eigenvalue weighted by Gasteiger charge is -1.97. The molecule has 3 aromatic rings. The van der Waals surface area contributed by atoms with Crippen molar-refractivity contribution in [2.24, 2.45) is 0 Å². The first kappa shape index (κ1) is 14.3. The van der Waals surface area contributed by atoms with E-state index in [0.29, 0.717) is 5.56 Å². The number of nitro groups is 2. The molecule has 0 radical (unpaired) electrons. The standard InChI is InChI=1S/C14H8N4O5/c19-17(20)11-6-10(7-12(8-11)18(21)22)14-16-15-13(23-14)9-4-2-1-3-5-9/h1-8H. The van der Waals surface area contributed by atoms with Gasteiger partial charge >= 0.3 is 0 Å². The molecule has 0 saturated carbocycles. The quantitative estimate of drug-likeness (QED) is 0.534. The van der Waals surface area contributed by atoms with Gasteiger partial charge < -0.3 is 4.42 Å². The van der Waals surface area contributed by atoms with Gasteiger partial charge in [0.15, 0.2) is 0 Å². The van der Waals surface area contributed by atoms with Gasteiger partial charge in [0.2, 0.25) is 11.8 Å². The highest BCUT2D eigenvalue weighted by Crippen LogP contribution is 2.30. The van der Waals surface area contributed by atoms with Gasteiger partial charge in [-0.15, -0.1) is 10.2 Å². The van der Waals surface area contributed by atoms with E-state index in [1.54, 1.807) is 24.3 Å². The van der Waals surface area contributed by atoms with Gasteiger partial charge in [-0.3, -0.25) is 20.2 Å². The summed E-state index contributed by atoms with van der Waals surface area (Å²) in [5.74, 6) is 0.186. The van der Waals surface area contributed by atoms with Crippen molar-refractivity contribution in [2.45, 2.75) is 0 Å². The zero-order valence-electron chi connectivity index (χ0n) is 11.4. The van der Waals surface area contributed by atoms with Crippen LogP contribution in [-0.2, 0) is 0 Å². The second-order valence-electron chi connectivity index (χ2n) is 4.53. The third-order valence-corrected chi connectivity index (χ3v) is 3.02. The van der Waals surface area contributed by atoms with Crippen molar-refractivity contribution in [3.63, 3.8) is 0 Å². The molecule has 114 valence electrons. The molecule has 0 amide bonds. The van der Waals surface area contributed by atoms with Crippen LogP contribution in [0.15, 0.2) is 52.9 Å². The summed E-state index contributed by atoms with van der Waals surface area (Å²) in [5, 5.41) is 29.5. The first-order valence-corrected chi connectivity index (χ1v) is 6.38. The maximum atomic E-state index is 10.9. The van der Waals surface area contributed by atoms with Crippen molar-refractivity contribution >= 4 is 11.4 Å². The Morgan fingerprint density at radius 1 is 0.783 bits per heavy atom. The minimum absolute atomic E-state index is 0.0318. The highest BCUT2D eigenvalue weighted by atomic mass is 16.6. The first-order valence-electron chi connectivity index (χ1n) is 6.38. The van der Waals surface area contributed by atoms with E-state index in [2.05, 4.69) is 10.2 Å². The minimum atomic E-state index is -0.717. The molecule has 0 bridgehead atoms. The van der Waals surface area contributed by atoms with Crippen LogP contribution in [0.4, 0.5) is 11.4 Å². The van der Waals surface area contributed by atoms with Gasteiger partial charge in [0, 0.05) is 17.7 Å².